The summed E-state index contributed by atoms with van der Waals surface area (Å²) in [6.07, 6.45) is 2.49. The van der Waals surface area contributed by atoms with Crippen LogP contribution in [0.4, 0.5) is 0 Å². The topological polar surface area (TPSA) is 62.7 Å². The van der Waals surface area contributed by atoms with Crippen molar-refractivity contribution in [1.29, 1.82) is 0 Å². The molecule has 0 spiro atoms. The number of ether oxygens (including phenoxy) is 1. The third-order valence-electron chi connectivity index (χ3n) is 3.77. The molecule has 3 rings (SSSR count). The number of likely N-dealkylation sites (tertiary alicyclic amines) is 1. The molecule has 2 heterocycles. The van der Waals surface area contributed by atoms with Crippen molar-refractivity contribution in [3.63, 3.8) is 0 Å². The van der Waals surface area contributed by atoms with Crippen LogP contribution >= 0.6 is 0 Å². The molecule has 0 aliphatic carbocycles. The van der Waals surface area contributed by atoms with Gasteiger partial charge in [-0.3, -0.25) is 4.90 Å². The molecule has 5 heteroatoms. The quantitative estimate of drug-likeness (QED) is 0.914. The lowest BCUT2D eigenvalue weighted by Crippen LogP contribution is -2.25. The van der Waals surface area contributed by atoms with E-state index < -0.39 is 5.97 Å². The summed E-state index contributed by atoms with van der Waals surface area (Å²) in [5, 5.41) is 10.8. The van der Waals surface area contributed by atoms with E-state index in [9.17, 15) is 4.79 Å². The minimum Gasteiger partial charge on any atom is -0.477 e. The molecule has 5 nitrogen and oxygen atoms in total. The molecule has 110 valence electrons. The zero-order valence-corrected chi connectivity index (χ0v) is 11.8. The minimum absolute atomic E-state index is 0.0184. The summed E-state index contributed by atoms with van der Waals surface area (Å²) >= 11 is 0. The maximum absolute atomic E-state index is 11.2. The molecule has 1 aliphatic rings. The Hall–Kier alpha value is -2.14. The van der Waals surface area contributed by atoms with E-state index >= 15 is 0 Å². The second kappa shape index (κ2) is 6.10. The van der Waals surface area contributed by atoms with Gasteiger partial charge in [0, 0.05) is 11.9 Å². The highest BCUT2D eigenvalue weighted by Gasteiger charge is 2.14. The predicted octanol–water partition coefficient (Wildman–Crippen LogP) is 2.41. The zero-order chi connectivity index (χ0) is 14.7. The Balaban J connectivity index is 1.80. The molecule has 1 saturated heterocycles. The standard InChI is InChI=1S/C16H18N2O3/c19-16(20)14-11-12-5-1-2-6-13(12)15(17-14)21-10-9-18-7-3-4-8-18/h1-2,5-6,11H,3-4,7-10H2,(H,19,20). The number of pyridine rings is 1. The number of hydrogen-bond donors (Lipinski definition) is 1. The Morgan fingerprint density at radius 2 is 2.05 bits per heavy atom. The van der Waals surface area contributed by atoms with Crippen molar-refractivity contribution in [2.24, 2.45) is 0 Å². The van der Waals surface area contributed by atoms with Gasteiger partial charge in [-0.05, 0) is 43.5 Å². The number of carbonyl (C=O) groups is 1. The number of fused-ring (bicyclic) bond motifs is 1. The van der Waals surface area contributed by atoms with Crippen LogP contribution in [0.3, 0.4) is 0 Å². The largest absolute Gasteiger partial charge is 0.477 e. The third-order valence-corrected chi connectivity index (χ3v) is 3.77. The Labute approximate surface area is 123 Å². The first kappa shape index (κ1) is 13.8. The maximum Gasteiger partial charge on any atom is 0.354 e. The van der Waals surface area contributed by atoms with Gasteiger partial charge in [-0.1, -0.05) is 18.2 Å². The lowest BCUT2D eigenvalue weighted by atomic mass is 10.1. The second-order valence-corrected chi connectivity index (χ2v) is 5.24. The molecule has 0 radical (unpaired) electrons. The van der Waals surface area contributed by atoms with Crippen LogP contribution in [0.15, 0.2) is 30.3 Å². The molecule has 0 bridgehead atoms. The summed E-state index contributed by atoms with van der Waals surface area (Å²) in [7, 11) is 0. The fourth-order valence-corrected chi connectivity index (χ4v) is 2.66. The van der Waals surface area contributed by atoms with E-state index in [1.807, 2.05) is 24.3 Å². The first-order valence-electron chi connectivity index (χ1n) is 7.22. The van der Waals surface area contributed by atoms with Gasteiger partial charge in [-0.15, -0.1) is 0 Å². The van der Waals surface area contributed by atoms with E-state index in [1.165, 1.54) is 12.8 Å². The number of carboxylic acids is 1. The zero-order valence-electron chi connectivity index (χ0n) is 11.8. The highest BCUT2D eigenvalue weighted by atomic mass is 16.5. The molecule has 1 aromatic carbocycles. The van der Waals surface area contributed by atoms with E-state index in [0.29, 0.717) is 12.5 Å². The molecule has 1 fully saturated rings. The number of carboxylic acid groups (broad SMARTS) is 1. The molecule has 0 saturated carbocycles. The first-order valence-corrected chi connectivity index (χ1v) is 7.22. The summed E-state index contributed by atoms with van der Waals surface area (Å²) < 4.78 is 5.76. The van der Waals surface area contributed by atoms with Crippen molar-refractivity contribution in [3.05, 3.63) is 36.0 Å². The van der Waals surface area contributed by atoms with Gasteiger partial charge in [0.1, 0.15) is 6.61 Å². The van der Waals surface area contributed by atoms with Crippen LogP contribution in [0.1, 0.15) is 23.3 Å². The van der Waals surface area contributed by atoms with Crippen molar-refractivity contribution >= 4 is 16.7 Å². The number of benzene rings is 1. The van der Waals surface area contributed by atoms with Gasteiger partial charge in [0.25, 0.3) is 0 Å². The number of hydrogen-bond acceptors (Lipinski definition) is 4. The number of aromatic nitrogens is 1. The van der Waals surface area contributed by atoms with Crippen molar-refractivity contribution < 1.29 is 14.6 Å². The first-order chi connectivity index (χ1) is 10.2. The number of rotatable bonds is 5. The summed E-state index contributed by atoms with van der Waals surface area (Å²) in [5.74, 6) is -0.630. The van der Waals surface area contributed by atoms with Gasteiger partial charge >= 0.3 is 5.97 Å². The maximum atomic E-state index is 11.2. The second-order valence-electron chi connectivity index (χ2n) is 5.24. The van der Waals surface area contributed by atoms with E-state index in [2.05, 4.69) is 9.88 Å². The van der Waals surface area contributed by atoms with Crippen LogP contribution in [-0.4, -0.2) is 47.2 Å². The molecule has 0 amide bonds. The number of aromatic carboxylic acids is 1. The lowest BCUT2D eigenvalue weighted by molar-refractivity contribution is 0.0689. The SMILES string of the molecule is O=C(O)c1cc2ccccc2c(OCCN2CCCC2)n1. The molecule has 2 aromatic rings. The van der Waals surface area contributed by atoms with Gasteiger partial charge in [0.15, 0.2) is 5.69 Å². The lowest BCUT2D eigenvalue weighted by Gasteiger charge is -2.15. The van der Waals surface area contributed by atoms with Crippen molar-refractivity contribution in [3.8, 4) is 5.88 Å². The summed E-state index contributed by atoms with van der Waals surface area (Å²) in [6.45, 7) is 3.62. The van der Waals surface area contributed by atoms with Gasteiger partial charge in [0.2, 0.25) is 5.88 Å². The fraction of sp³-hybridized carbons (Fsp3) is 0.375. The van der Waals surface area contributed by atoms with Crippen molar-refractivity contribution in [2.45, 2.75) is 12.8 Å². The van der Waals surface area contributed by atoms with E-state index in [-0.39, 0.29) is 5.69 Å². The predicted molar refractivity (Wildman–Crippen MR) is 79.9 cm³/mol. The Bertz CT molecular complexity index is 651. The Kier molecular flexibility index (Phi) is 4.01. The average Bonchev–Trinajstić information content (AvgIpc) is 3.00. The Morgan fingerprint density at radius 1 is 1.29 bits per heavy atom. The summed E-state index contributed by atoms with van der Waals surface area (Å²) in [5.41, 5.74) is 0.0184. The summed E-state index contributed by atoms with van der Waals surface area (Å²) in [6, 6.07) is 9.13. The highest BCUT2D eigenvalue weighted by Crippen LogP contribution is 2.24. The van der Waals surface area contributed by atoms with E-state index in [1.54, 1.807) is 6.07 Å². The molecular formula is C16H18N2O3. The monoisotopic (exact) mass is 286 g/mol. The van der Waals surface area contributed by atoms with Crippen LogP contribution in [0, 0.1) is 0 Å². The van der Waals surface area contributed by atoms with Crippen molar-refractivity contribution in [2.75, 3.05) is 26.2 Å². The van der Waals surface area contributed by atoms with Gasteiger partial charge < -0.3 is 9.84 Å². The molecule has 21 heavy (non-hydrogen) atoms. The summed E-state index contributed by atoms with van der Waals surface area (Å²) in [4.78, 5) is 17.6. The van der Waals surface area contributed by atoms with Crippen LogP contribution in [0.5, 0.6) is 5.88 Å². The normalized spacial score (nSPS) is 15.4. The van der Waals surface area contributed by atoms with Gasteiger partial charge in [-0.2, -0.15) is 0 Å². The molecule has 0 atom stereocenters. The number of nitrogens with zero attached hydrogens (tertiary/aromatic N) is 2. The fourth-order valence-electron chi connectivity index (χ4n) is 2.66. The Morgan fingerprint density at radius 3 is 2.81 bits per heavy atom. The third kappa shape index (κ3) is 3.13. The van der Waals surface area contributed by atoms with Crippen LogP contribution in [0.2, 0.25) is 0 Å². The molecular weight excluding hydrogens is 268 g/mol. The molecule has 1 aliphatic heterocycles. The minimum atomic E-state index is -1.04. The van der Waals surface area contributed by atoms with Gasteiger partial charge in [0.05, 0.1) is 0 Å². The molecule has 1 N–H and O–H groups in total. The van der Waals surface area contributed by atoms with E-state index in [4.69, 9.17) is 9.84 Å². The van der Waals surface area contributed by atoms with Gasteiger partial charge in [-0.25, -0.2) is 9.78 Å². The average molecular weight is 286 g/mol. The van der Waals surface area contributed by atoms with E-state index in [0.717, 1.165) is 30.4 Å². The van der Waals surface area contributed by atoms with Crippen LogP contribution in [-0.2, 0) is 0 Å². The van der Waals surface area contributed by atoms with Crippen molar-refractivity contribution in [1.82, 2.24) is 9.88 Å². The molecule has 1 aromatic heterocycles. The van der Waals surface area contributed by atoms with Crippen LogP contribution < -0.4 is 4.74 Å². The molecule has 0 unspecified atom stereocenters. The highest BCUT2D eigenvalue weighted by molar-refractivity contribution is 5.94. The smallest absolute Gasteiger partial charge is 0.354 e. The van der Waals surface area contributed by atoms with Crippen LogP contribution in [0.25, 0.3) is 10.8 Å².